The van der Waals surface area contributed by atoms with Crippen LogP contribution in [-0.4, -0.2) is 51.9 Å². The van der Waals surface area contributed by atoms with E-state index in [2.05, 4.69) is 5.32 Å². The van der Waals surface area contributed by atoms with Gasteiger partial charge in [-0.25, -0.2) is 8.42 Å². The number of carbonyl (C=O) groups excluding carboxylic acids is 2. The number of methoxy groups -OCH3 is 1. The summed E-state index contributed by atoms with van der Waals surface area (Å²) in [6.45, 7) is 2.90. The lowest BCUT2D eigenvalue weighted by Gasteiger charge is -2.33. The summed E-state index contributed by atoms with van der Waals surface area (Å²) in [5, 5.41) is 3.22. The van der Waals surface area contributed by atoms with Crippen molar-refractivity contribution in [1.82, 2.24) is 10.2 Å². The Bertz CT molecular complexity index is 1410. The quantitative estimate of drug-likeness (QED) is 0.336. The van der Waals surface area contributed by atoms with Gasteiger partial charge in [0.1, 0.15) is 18.3 Å². The van der Waals surface area contributed by atoms with E-state index in [-0.39, 0.29) is 29.3 Å². The molecule has 0 aliphatic rings. The average molecular weight is 593 g/mol. The standard InChI is InChI=1S/C28H31Cl2N3O5S/c1-5-24(28(35)31-3)32(17-21-22(29)9-8-10-23(21)30)27(34)18-33(25-11-6-7-12-26(25)38-4)39(36,37)20-15-13-19(2)14-16-20/h6-16,24H,5,17-18H2,1-4H3,(H,31,35)/t24-/m1/s1. The molecule has 3 aromatic carbocycles. The van der Waals surface area contributed by atoms with E-state index < -0.39 is 34.4 Å². The highest BCUT2D eigenvalue weighted by atomic mass is 35.5. The first kappa shape index (κ1) is 30.3. The molecule has 1 N–H and O–H groups in total. The van der Waals surface area contributed by atoms with Crippen LogP contribution in [0.1, 0.15) is 24.5 Å². The number of hydrogen-bond acceptors (Lipinski definition) is 5. The van der Waals surface area contributed by atoms with Crippen LogP contribution in [-0.2, 0) is 26.2 Å². The highest BCUT2D eigenvalue weighted by molar-refractivity contribution is 7.92. The van der Waals surface area contributed by atoms with Gasteiger partial charge in [0, 0.05) is 29.2 Å². The van der Waals surface area contributed by atoms with Crippen LogP contribution in [0.25, 0.3) is 0 Å². The number of likely N-dealkylation sites (N-methyl/N-ethyl adjacent to an activating group) is 1. The second kappa shape index (κ2) is 13.2. The van der Waals surface area contributed by atoms with Gasteiger partial charge in [-0.1, -0.05) is 66.0 Å². The summed E-state index contributed by atoms with van der Waals surface area (Å²) in [6, 6.07) is 16.9. The van der Waals surface area contributed by atoms with Crippen molar-refractivity contribution in [3.63, 3.8) is 0 Å². The highest BCUT2D eigenvalue weighted by Gasteiger charge is 2.35. The van der Waals surface area contributed by atoms with Crippen LogP contribution in [0.5, 0.6) is 5.75 Å². The summed E-state index contributed by atoms with van der Waals surface area (Å²) in [4.78, 5) is 28.2. The molecule has 0 radical (unpaired) electrons. The topological polar surface area (TPSA) is 96.0 Å². The maximum Gasteiger partial charge on any atom is 0.264 e. The Labute approximate surface area is 239 Å². The molecular formula is C28H31Cl2N3O5S. The zero-order valence-electron chi connectivity index (χ0n) is 22.1. The van der Waals surface area contributed by atoms with Crippen LogP contribution in [0.3, 0.4) is 0 Å². The van der Waals surface area contributed by atoms with Crippen molar-refractivity contribution in [3.05, 3.63) is 87.9 Å². The van der Waals surface area contributed by atoms with E-state index in [4.69, 9.17) is 27.9 Å². The largest absolute Gasteiger partial charge is 0.495 e. The van der Waals surface area contributed by atoms with Gasteiger partial charge >= 0.3 is 0 Å². The van der Waals surface area contributed by atoms with Crippen molar-refractivity contribution in [2.45, 2.75) is 37.8 Å². The molecule has 0 aliphatic heterocycles. The van der Waals surface area contributed by atoms with E-state index in [1.807, 2.05) is 6.92 Å². The van der Waals surface area contributed by atoms with Crippen LogP contribution in [0.4, 0.5) is 5.69 Å². The van der Waals surface area contributed by atoms with Gasteiger partial charge in [0.2, 0.25) is 11.8 Å². The van der Waals surface area contributed by atoms with Gasteiger partial charge in [0.05, 0.1) is 17.7 Å². The Kier molecular flexibility index (Phi) is 10.2. The predicted octanol–water partition coefficient (Wildman–Crippen LogP) is 5.06. The minimum Gasteiger partial charge on any atom is -0.495 e. The molecule has 208 valence electrons. The minimum atomic E-state index is -4.23. The lowest BCUT2D eigenvalue weighted by molar-refractivity contribution is -0.140. The molecule has 2 amide bonds. The number of nitrogens with one attached hydrogen (secondary N) is 1. The van der Waals surface area contributed by atoms with Crippen molar-refractivity contribution in [3.8, 4) is 5.75 Å². The first-order chi connectivity index (χ1) is 18.5. The van der Waals surface area contributed by atoms with Gasteiger partial charge in [0.15, 0.2) is 0 Å². The van der Waals surface area contributed by atoms with Crippen molar-refractivity contribution < 1.29 is 22.7 Å². The Morgan fingerprint density at radius 3 is 2.15 bits per heavy atom. The van der Waals surface area contributed by atoms with Crippen molar-refractivity contribution in [2.75, 3.05) is 25.0 Å². The SMILES string of the molecule is CC[C@H](C(=O)NC)N(Cc1c(Cl)cccc1Cl)C(=O)CN(c1ccccc1OC)S(=O)(=O)c1ccc(C)cc1. The molecule has 0 aromatic heterocycles. The molecule has 3 aromatic rings. The van der Waals surface area contributed by atoms with E-state index in [9.17, 15) is 18.0 Å². The fourth-order valence-corrected chi connectivity index (χ4v) is 6.07. The maximum absolute atomic E-state index is 14.0. The normalized spacial score (nSPS) is 11.9. The number of rotatable bonds is 11. The third-order valence-corrected chi connectivity index (χ3v) is 8.75. The molecule has 0 fully saturated rings. The molecular weight excluding hydrogens is 561 g/mol. The first-order valence-electron chi connectivity index (χ1n) is 12.2. The van der Waals surface area contributed by atoms with Crippen LogP contribution >= 0.6 is 23.2 Å². The Balaban J connectivity index is 2.13. The second-order valence-electron chi connectivity index (χ2n) is 8.76. The summed E-state index contributed by atoms with van der Waals surface area (Å²) in [5.41, 5.74) is 1.51. The Morgan fingerprint density at radius 1 is 0.974 bits per heavy atom. The number of anilines is 1. The number of aryl methyl sites for hydroxylation is 1. The number of amides is 2. The van der Waals surface area contributed by atoms with Gasteiger partial charge in [-0.05, 0) is 49.7 Å². The zero-order chi connectivity index (χ0) is 28.7. The third-order valence-electron chi connectivity index (χ3n) is 6.26. The van der Waals surface area contributed by atoms with Gasteiger partial charge in [-0.3, -0.25) is 13.9 Å². The number of hydrogen-bond donors (Lipinski definition) is 1. The third kappa shape index (κ3) is 6.84. The molecule has 0 unspecified atom stereocenters. The van der Waals surface area contributed by atoms with Crippen LogP contribution in [0, 0.1) is 6.92 Å². The van der Waals surface area contributed by atoms with E-state index in [1.165, 1.54) is 31.2 Å². The molecule has 0 heterocycles. The van der Waals surface area contributed by atoms with Crippen LogP contribution in [0.2, 0.25) is 10.0 Å². The number of benzene rings is 3. The Morgan fingerprint density at radius 2 is 1.59 bits per heavy atom. The summed E-state index contributed by atoms with van der Waals surface area (Å²) in [6.07, 6.45) is 0.271. The molecule has 0 saturated carbocycles. The van der Waals surface area contributed by atoms with E-state index in [0.29, 0.717) is 15.6 Å². The molecule has 39 heavy (non-hydrogen) atoms. The fourth-order valence-electron chi connectivity index (χ4n) is 4.13. The minimum absolute atomic E-state index is 0.00541. The van der Waals surface area contributed by atoms with Gasteiger partial charge in [-0.2, -0.15) is 0 Å². The number of ether oxygens (including phenoxy) is 1. The van der Waals surface area contributed by atoms with E-state index in [1.54, 1.807) is 61.5 Å². The van der Waals surface area contributed by atoms with Crippen molar-refractivity contribution in [2.24, 2.45) is 0 Å². The fraction of sp³-hybridized carbons (Fsp3) is 0.286. The number of carbonyl (C=O) groups is 2. The summed E-state index contributed by atoms with van der Waals surface area (Å²) in [7, 11) is -1.34. The van der Waals surface area contributed by atoms with Gasteiger partial charge in [0.25, 0.3) is 10.0 Å². The monoisotopic (exact) mass is 591 g/mol. The van der Waals surface area contributed by atoms with Gasteiger partial charge < -0.3 is 15.0 Å². The number of sulfonamides is 1. The number of nitrogens with zero attached hydrogens (tertiary/aromatic N) is 2. The second-order valence-corrected chi connectivity index (χ2v) is 11.4. The molecule has 0 spiro atoms. The number of halogens is 2. The summed E-state index contributed by atoms with van der Waals surface area (Å²) in [5.74, 6) is -0.762. The lowest BCUT2D eigenvalue weighted by atomic mass is 10.1. The van der Waals surface area contributed by atoms with Gasteiger partial charge in [-0.15, -0.1) is 0 Å². The Hall–Kier alpha value is -3.27. The number of para-hydroxylation sites is 2. The molecule has 11 heteroatoms. The maximum atomic E-state index is 14.0. The molecule has 8 nitrogen and oxygen atoms in total. The van der Waals surface area contributed by atoms with E-state index >= 15 is 0 Å². The first-order valence-corrected chi connectivity index (χ1v) is 14.4. The lowest BCUT2D eigenvalue weighted by Crippen LogP contribution is -2.51. The summed E-state index contributed by atoms with van der Waals surface area (Å²) < 4.78 is 34.3. The molecule has 0 bridgehead atoms. The van der Waals surface area contributed by atoms with E-state index in [0.717, 1.165) is 9.87 Å². The highest BCUT2D eigenvalue weighted by Crippen LogP contribution is 2.33. The molecule has 0 saturated heterocycles. The average Bonchev–Trinajstić information content (AvgIpc) is 2.92. The van der Waals surface area contributed by atoms with Crippen LogP contribution in [0.15, 0.2) is 71.6 Å². The molecule has 0 aliphatic carbocycles. The molecule has 3 rings (SSSR count). The molecule has 1 atom stereocenters. The smallest absolute Gasteiger partial charge is 0.264 e. The summed E-state index contributed by atoms with van der Waals surface area (Å²) >= 11 is 12.8. The van der Waals surface area contributed by atoms with Crippen molar-refractivity contribution >= 4 is 50.7 Å². The van der Waals surface area contributed by atoms with Crippen molar-refractivity contribution in [1.29, 1.82) is 0 Å². The van der Waals surface area contributed by atoms with Crippen LogP contribution < -0.4 is 14.4 Å². The predicted molar refractivity (Wildman–Crippen MR) is 154 cm³/mol. The zero-order valence-corrected chi connectivity index (χ0v) is 24.5.